The Morgan fingerprint density at radius 1 is 1.50 bits per heavy atom. The van der Waals surface area contributed by atoms with Crippen molar-refractivity contribution in [2.24, 2.45) is 0 Å². The predicted molar refractivity (Wildman–Crippen MR) is 76.1 cm³/mol. The molecule has 0 radical (unpaired) electrons. The summed E-state index contributed by atoms with van der Waals surface area (Å²) in [6.07, 6.45) is 2.91. The third-order valence-corrected chi connectivity index (χ3v) is 3.83. The maximum Gasteiger partial charge on any atom is 0.323 e. The van der Waals surface area contributed by atoms with Crippen LogP contribution < -0.4 is 0 Å². The molecule has 1 unspecified atom stereocenters. The Morgan fingerprint density at radius 2 is 2.30 bits per heavy atom. The number of piperidine rings is 1. The number of hydrogen-bond donors (Lipinski definition) is 0. The zero-order valence-electron chi connectivity index (χ0n) is 11.6. The van der Waals surface area contributed by atoms with Crippen molar-refractivity contribution < 1.29 is 13.9 Å². The molecule has 1 fully saturated rings. The number of nitrogens with zero attached hydrogens (tertiary/aromatic N) is 1. The van der Waals surface area contributed by atoms with E-state index in [9.17, 15) is 9.18 Å². The molecule has 0 spiro atoms. The third kappa shape index (κ3) is 3.70. The van der Waals surface area contributed by atoms with Gasteiger partial charge in [-0.15, -0.1) is 0 Å². The minimum atomic E-state index is -0.420. The first-order chi connectivity index (χ1) is 9.61. The van der Waals surface area contributed by atoms with Gasteiger partial charge in [-0.2, -0.15) is 0 Å². The monoisotopic (exact) mass is 299 g/mol. The van der Waals surface area contributed by atoms with Crippen molar-refractivity contribution in [2.75, 3.05) is 13.2 Å². The average molecular weight is 300 g/mol. The highest BCUT2D eigenvalue weighted by Crippen LogP contribution is 2.23. The zero-order valence-corrected chi connectivity index (χ0v) is 12.3. The predicted octanol–water partition coefficient (Wildman–Crippen LogP) is 3.40. The quantitative estimate of drug-likeness (QED) is 0.798. The van der Waals surface area contributed by atoms with Crippen LogP contribution in [0.3, 0.4) is 0 Å². The molecule has 1 aliphatic heterocycles. The summed E-state index contributed by atoms with van der Waals surface area (Å²) < 4.78 is 18.3. The molecule has 2 rings (SSSR count). The van der Waals surface area contributed by atoms with Crippen LogP contribution in [0.25, 0.3) is 0 Å². The average Bonchev–Trinajstić information content (AvgIpc) is 2.44. The first-order valence-corrected chi connectivity index (χ1v) is 7.34. The van der Waals surface area contributed by atoms with Crippen LogP contribution in [0.4, 0.5) is 4.39 Å². The van der Waals surface area contributed by atoms with Crippen molar-refractivity contribution in [3.8, 4) is 0 Å². The van der Waals surface area contributed by atoms with Crippen molar-refractivity contribution in [3.05, 3.63) is 34.6 Å². The smallest absolute Gasteiger partial charge is 0.323 e. The second kappa shape index (κ2) is 7.04. The Morgan fingerprint density at radius 3 is 3.00 bits per heavy atom. The number of carbonyl (C=O) groups excluding carboxylic acids is 1. The molecular weight excluding hydrogens is 281 g/mol. The van der Waals surface area contributed by atoms with E-state index in [4.69, 9.17) is 16.3 Å². The number of carbonyl (C=O) groups is 1. The van der Waals surface area contributed by atoms with Crippen LogP contribution in [-0.4, -0.2) is 30.1 Å². The molecule has 1 aromatic carbocycles. The molecule has 0 saturated carbocycles. The third-order valence-electron chi connectivity index (χ3n) is 3.54. The molecular formula is C15H19ClFNO2. The maximum absolute atomic E-state index is 13.2. The maximum atomic E-state index is 13.2. The molecule has 1 saturated heterocycles. The van der Waals surface area contributed by atoms with Crippen LogP contribution in [0.15, 0.2) is 18.2 Å². The highest BCUT2D eigenvalue weighted by Gasteiger charge is 2.29. The van der Waals surface area contributed by atoms with E-state index >= 15 is 0 Å². The topological polar surface area (TPSA) is 29.5 Å². The van der Waals surface area contributed by atoms with Crippen LogP contribution >= 0.6 is 11.6 Å². The number of ether oxygens (including phenoxy) is 1. The standard InChI is InChI=1S/C15H19ClFNO2/c1-2-20-15(19)14-5-3-4-8-18(14)10-11-6-7-13(17)12(16)9-11/h6-7,9,14H,2-5,8,10H2,1H3. The molecule has 0 aromatic heterocycles. The number of hydrogen-bond acceptors (Lipinski definition) is 3. The summed E-state index contributed by atoms with van der Waals surface area (Å²) in [5.74, 6) is -0.587. The molecule has 0 amide bonds. The Hall–Kier alpha value is -1.13. The molecule has 1 aliphatic rings. The van der Waals surface area contributed by atoms with Gasteiger partial charge in [0.05, 0.1) is 11.6 Å². The van der Waals surface area contributed by atoms with Crippen molar-refractivity contribution in [3.63, 3.8) is 0 Å². The summed E-state index contributed by atoms with van der Waals surface area (Å²) in [6, 6.07) is 4.49. The number of benzene rings is 1. The Labute approximate surface area is 123 Å². The summed E-state index contributed by atoms with van der Waals surface area (Å²) >= 11 is 5.80. The normalized spacial score (nSPS) is 19.9. The summed E-state index contributed by atoms with van der Waals surface area (Å²) in [6.45, 7) is 3.64. The van der Waals surface area contributed by atoms with E-state index in [2.05, 4.69) is 4.90 Å². The largest absolute Gasteiger partial charge is 0.465 e. The minimum Gasteiger partial charge on any atom is -0.465 e. The lowest BCUT2D eigenvalue weighted by atomic mass is 10.0. The van der Waals surface area contributed by atoms with Gasteiger partial charge in [0, 0.05) is 6.54 Å². The molecule has 20 heavy (non-hydrogen) atoms. The van der Waals surface area contributed by atoms with Crippen molar-refractivity contribution in [1.82, 2.24) is 4.90 Å². The van der Waals surface area contributed by atoms with Gasteiger partial charge in [0.1, 0.15) is 11.9 Å². The Bertz CT molecular complexity index is 481. The van der Waals surface area contributed by atoms with Crippen LogP contribution in [-0.2, 0) is 16.1 Å². The number of halogens is 2. The summed E-state index contributed by atoms with van der Waals surface area (Å²) in [5, 5.41) is 0.118. The van der Waals surface area contributed by atoms with Crippen LogP contribution in [0, 0.1) is 5.82 Å². The van der Waals surface area contributed by atoms with Gasteiger partial charge in [0.25, 0.3) is 0 Å². The van der Waals surface area contributed by atoms with Gasteiger partial charge in [0.15, 0.2) is 0 Å². The SMILES string of the molecule is CCOC(=O)C1CCCCN1Cc1ccc(F)c(Cl)c1. The first kappa shape index (κ1) is 15.3. The lowest BCUT2D eigenvalue weighted by molar-refractivity contribution is -0.151. The van der Waals surface area contributed by atoms with Gasteiger partial charge in [0.2, 0.25) is 0 Å². The van der Waals surface area contributed by atoms with Crippen LogP contribution in [0.5, 0.6) is 0 Å². The fourth-order valence-corrected chi connectivity index (χ4v) is 2.76. The second-order valence-corrected chi connectivity index (χ2v) is 5.39. The molecule has 110 valence electrons. The van der Waals surface area contributed by atoms with E-state index in [-0.39, 0.29) is 17.0 Å². The van der Waals surface area contributed by atoms with E-state index in [1.165, 1.54) is 6.07 Å². The van der Waals surface area contributed by atoms with Gasteiger partial charge in [-0.3, -0.25) is 9.69 Å². The lowest BCUT2D eigenvalue weighted by Crippen LogP contribution is -2.44. The Balaban J connectivity index is 2.08. The number of likely N-dealkylation sites (tertiary alicyclic amines) is 1. The summed E-state index contributed by atoms with van der Waals surface area (Å²) in [7, 11) is 0. The van der Waals surface area contributed by atoms with Crippen LogP contribution in [0.1, 0.15) is 31.7 Å². The van der Waals surface area contributed by atoms with Gasteiger partial charge >= 0.3 is 5.97 Å². The summed E-state index contributed by atoms with van der Waals surface area (Å²) in [5.41, 5.74) is 0.910. The van der Waals surface area contributed by atoms with E-state index in [1.54, 1.807) is 12.1 Å². The Kier molecular flexibility index (Phi) is 5.38. The molecule has 3 nitrogen and oxygen atoms in total. The van der Waals surface area contributed by atoms with E-state index in [1.807, 2.05) is 6.92 Å². The molecule has 0 bridgehead atoms. The van der Waals surface area contributed by atoms with Crippen molar-refractivity contribution >= 4 is 17.6 Å². The number of esters is 1. The highest BCUT2D eigenvalue weighted by atomic mass is 35.5. The molecule has 1 heterocycles. The molecule has 5 heteroatoms. The lowest BCUT2D eigenvalue weighted by Gasteiger charge is -2.34. The van der Waals surface area contributed by atoms with E-state index in [0.29, 0.717) is 13.2 Å². The van der Waals surface area contributed by atoms with Gasteiger partial charge < -0.3 is 4.74 Å². The fourth-order valence-electron chi connectivity index (χ4n) is 2.56. The van der Waals surface area contributed by atoms with Crippen molar-refractivity contribution in [2.45, 2.75) is 38.8 Å². The molecule has 0 N–H and O–H groups in total. The van der Waals surface area contributed by atoms with E-state index < -0.39 is 5.82 Å². The molecule has 0 aliphatic carbocycles. The zero-order chi connectivity index (χ0) is 14.5. The molecule has 1 atom stereocenters. The molecule has 1 aromatic rings. The number of rotatable bonds is 4. The van der Waals surface area contributed by atoms with Crippen molar-refractivity contribution in [1.29, 1.82) is 0 Å². The minimum absolute atomic E-state index is 0.118. The van der Waals surface area contributed by atoms with Gasteiger partial charge in [-0.1, -0.05) is 24.1 Å². The highest BCUT2D eigenvalue weighted by molar-refractivity contribution is 6.30. The van der Waals surface area contributed by atoms with E-state index in [0.717, 1.165) is 31.4 Å². The fraction of sp³-hybridized carbons (Fsp3) is 0.533. The van der Waals surface area contributed by atoms with Gasteiger partial charge in [-0.25, -0.2) is 4.39 Å². The second-order valence-electron chi connectivity index (χ2n) is 4.98. The summed E-state index contributed by atoms with van der Waals surface area (Å²) in [4.78, 5) is 14.1. The first-order valence-electron chi connectivity index (χ1n) is 6.96. The van der Waals surface area contributed by atoms with Crippen LogP contribution in [0.2, 0.25) is 5.02 Å². The van der Waals surface area contributed by atoms with Gasteiger partial charge in [-0.05, 0) is 44.0 Å².